The fourth-order valence-electron chi connectivity index (χ4n) is 2.11. The number of aromatic nitrogens is 1. The van der Waals surface area contributed by atoms with Crippen molar-refractivity contribution >= 4 is 38.2 Å². The Hall–Kier alpha value is -1.48. The van der Waals surface area contributed by atoms with Gasteiger partial charge >= 0.3 is 5.97 Å². The van der Waals surface area contributed by atoms with Crippen molar-refractivity contribution in [2.75, 3.05) is 16.8 Å². The second kappa shape index (κ2) is 6.52. The predicted octanol–water partition coefficient (Wildman–Crippen LogP) is 0.924. The van der Waals surface area contributed by atoms with Gasteiger partial charge < -0.3 is 10.4 Å². The number of aryl methyl sites for hydroxylation is 1. The highest BCUT2D eigenvalue weighted by molar-refractivity contribution is 7.91. The number of carbonyl (C=O) groups is 2. The van der Waals surface area contributed by atoms with Crippen molar-refractivity contribution in [1.29, 1.82) is 0 Å². The van der Waals surface area contributed by atoms with Gasteiger partial charge in [-0.25, -0.2) is 13.4 Å². The van der Waals surface area contributed by atoms with Crippen molar-refractivity contribution in [2.45, 2.75) is 25.7 Å². The highest BCUT2D eigenvalue weighted by Crippen LogP contribution is 2.22. The maximum Gasteiger partial charge on any atom is 0.303 e. The molecule has 7 nitrogen and oxygen atoms in total. The lowest BCUT2D eigenvalue weighted by molar-refractivity contribution is -0.137. The molecule has 1 aromatic heterocycles. The lowest BCUT2D eigenvalue weighted by atomic mass is 10.1. The molecule has 1 fully saturated rings. The highest BCUT2D eigenvalue weighted by atomic mass is 32.2. The number of hydrogen-bond donors (Lipinski definition) is 2. The van der Waals surface area contributed by atoms with E-state index < -0.39 is 21.7 Å². The number of carboxylic acid groups (broad SMARTS) is 1. The van der Waals surface area contributed by atoms with Crippen molar-refractivity contribution in [3.05, 3.63) is 11.1 Å². The molecule has 21 heavy (non-hydrogen) atoms. The van der Waals surface area contributed by atoms with Crippen LogP contribution in [-0.4, -0.2) is 41.9 Å². The van der Waals surface area contributed by atoms with E-state index in [1.165, 1.54) is 11.3 Å². The van der Waals surface area contributed by atoms with Crippen molar-refractivity contribution in [1.82, 2.24) is 4.98 Å². The molecule has 0 saturated carbocycles. The van der Waals surface area contributed by atoms with Crippen LogP contribution in [0.3, 0.4) is 0 Å². The van der Waals surface area contributed by atoms with Gasteiger partial charge in [0, 0.05) is 11.8 Å². The van der Waals surface area contributed by atoms with E-state index in [2.05, 4.69) is 10.3 Å². The van der Waals surface area contributed by atoms with Crippen LogP contribution in [0.15, 0.2) is 5.38 Å². The predicted molar refractivity (Wildman–Crippen MR) is 78.1 cm³/mol. The summed E-state index contributed by atoms with van der Waals surface area (Å²) in [4.78, 5) is 26.5. The molecule has 0 bridgehead atoms. The quantitative estimate of drug-likeness (QED) is 0.801. The number of sulfone groups is 1. The Labute approximate surface area is 126 Å². The average molecular weight is 332 g/mol. The van der Waals surface area contributed by atoms with Gasteiger partial charge in [-0.15, -0.1) is 11.3 Å². The number of anilines is 1. The summed E-state index contributed by atoms with van der Waals surface area (Å²) in [6.07, 6.45) is 1.47. The van der Waals surface area contributed by atoms with E-state index in [0.717, 1.165) is 5.69 Å². The summed E-state index contributed by atoms with van der Waals surface area (Å²) in [6.45, 7) is 0. The third kappa shape index (κ3) is 4.78. The number of thiazole rings is 1. The van der Waals surface area contributed by atoms with E-state index in [0.29, 0.717) is 24.4 Å². The zero-order valence-corrected chi connectivity index (χ0v) is 12.9. The number of nitrogens with zero attached hydrogens (tertiary/aromatic N) is 1. The van der Waals surface area contributed by atoms with Gasteiger partial charge in [0.05, 0.1) is 23.1 Å². The van der Waals surface area contributed by atoms with Gasteiger partial charge in [0.25, 0.3) is 0 Å². The average Bonchev–Trinajstić information content (AvgIpc) is 2.95. The molecule has 2 N–H and O–H groups in total. The molecule has 1 atom stereocenters. The summed E-state index contributed by atoms with van der Waals surface area (Å²) in [5.41, 5.74) is 0.732. The Kier molecular flexibility index (Phi) is 4.94. The van der Waals surface area contributed by atoms with Crippen LogP contribution >= 0.6 is 11.3 Å². The first-order valence-electron chi connectivity index (χ1n) is 6.53. The molecule has 1 saturated heterocycles. The van der Waals surface area contributed by atoms with Gasteiger partial charge in [0.2, 0.25) is 5.91 Å². The van der Waals surface area contributed by atoms with Gasteiger partial charge in [-0.2, -0.15) is 0 Å². The molecule has 0 spiro atoms. The number of hydrogen-bond acceptors (Lipinski definition) is 6. The topological polar surface area (TPSA) is 113 Å². The number of nitrogens with one attached hydrogen (secondary N) is 1. The van der Waals surface area contributed by atoms with Crippen LogP contribution in [0.2, 0.25) is 0 Å². The Morgan fingerprint density at radius 2 is 2.24 bits per heavy atom. The van der Waals surface area contributed by atoms with E-state index in [1.54, 1.807) is 5.38 Å². The zero-order valence-electron chi connectivity index (χ0n) is 11.2. The SMILES string of the molecule is O=C(O)CCCc1csc(NC(=O)C2CCS(=O)(=O)C2)n1. The second-order valence-electron chi connectivity index (χ2n) is 4.98. The number of aliphatic carboxylic acids is 1. The summed E-state index contributed by atoms with van der Waals surface area (Å²) < 4.78 is 22.7. The van der Waals surface area contributed by atoms with Gasteiger partial charge in [-0.05, 0) is 19.3 Å². The molecule has 0 radical (unpaired) electrons. The Bertz CT molecular complexity index is 638. The second-order valence-corrected chi connectivity index (χ2v) is 8.07. The third-order valence-electron chi connectivity index (χ3n) is 3.21. The van der Waals surface area contributed by atoms with Crippen molar-refractivity contribution in [3.8, 4) is 0 Å². The van der Waals surface area contributed by atoms with Crippen molar-refractivity contribution < 1.29 is 23.1 Å². The fourth-order valence-corrected chi connectivity index (χ4v) is 4.60. The molecular formula is C12H16N2O5S2. The van der Waals surface area contributed by atoms with E-state index in [9.17, 15) is 18.0 Å². The van der Waals surface area contributed by atoms with E-state index >= 15 is 0 Å². The minimum atomic E-state index is -3.08. The molecule has 1 unspecified atom stereocenters. The third-order valence-corrected chi connectivity index (χ3v) is 5.78. The number of carbonyl (C=O) groups excluding carboxylic acids is 1. The summed E-state index contributed by atoms with van der Waals surface area (Å²) >= 11 is 1.26. The standard InChI is InChI=1S/C12H16N2O5S2/c15-10(16)3-1-2-9-6-20-12(13-9)14-11(17)8-4-5-21(18,19)7-8/h6,8H,1-5,7H2,(H,15,16)(H,13,14,17). The minimum Gasteiger partial charge on any atom is -0.481 e. The Balaban J connectivity index is 1.85. The Morgan fingerprint density at radius 3 is 2.86 bits per heavy atom. The molecule has 0 aromatic carbocycles. The fraction of sp³-hybridized carbons (Fsp3) is 0.583. The summed E-state index contributed by atoms with van der Waals surface area (Å²) in [7, 11) is -3.08. The number of amides is 1. The molecule has 9 heteroatoms. The summed E-state index contributed by atoms with van der Waals surface area (Å²) in [5, 5.41) is 13.4. The largest absolute Gasteiger partial charge is 0.481 e. The van der Waals surface area contributed by atoms with E-state index in [4.69, 9.17) is 5.11 Å². The Morgan fingerprint density at radius 1 is 1.48 bits per heavy atom. The molecule has 0 aliphatic carbocycles. The van der Waals surface area contributed by atoms with Gasteiger partial charge in [-0.1, -0.05) is 0 Å². The van der Waals surface area contributed by atoms with Crippen molar-refractivity contribution in [3.63, 3.8) is 0 Å². The van der Waals surface area contributed by atoms with E-state index in [-0.39, 0.29) is 23.8 Å². The van der Waals surface area contributed by atoms with Gasteiger partial charge in [-0.3, -0.25) is 9.59 Å². The van der Waals surface area contributed by atoms with Crippen LogP contribution in [0.1, 0.15) is 25.0 Å². The molecule has 1 amide bonds. The first kappa shape index (κ1) is 15.9. The molecule has 1 aliphatic heterocycles. The van der Waals surface area contributed by atoms with Crippen LogP contribution in [0.25, 0.3) is 0 Å². The van der Waals surface area contributed by atoms with Crippen LogP contribution in [0.4, 0.5) is 5.13 Å². The molecule has 1 aliphatic rings. The first-order valence-corrected chi connectivity index (χ1v) is 9.23. The maximum atomic E-state index is 11.9. The molecule has 116 valence electrons. The highest BCUT2D eigenvalue weighted by Gasteiger charge is 2.33. The monoisotopic (exact) mass is 332 g/mol. The number of carboxylic acids is 1. The van der Waals surface area contributed by atoms with Gasteiger partial charge in [0.15, 0.2) is 15.0 Å². The maximum absolute atomic E-state index is 11.9. The summed E-state index contributed by atoms with van der Waals surface area (Å²) in [6, 6.07) is 0. The molecule has 1 aromatic rings. The minimum absolute atomic E-state index is 0.0589. The smallest absolute Gasteiger partial charge is 0.303 e. The summed E-state index contributed by atoms with van der Waals surface area (Å²) in [5.74, 6) is -1.71. The first-order chi connectivity index (χ1) is 9.85. The number of rotatable bonds is 6. The zero-order chi connectivity index (χ0) is 15.5. The molecule has 2 rings (SSSR count). The van der Waals surface area contributed by atoms with Crippen LogP contribution in [0, 0.1) is 5.92 Å². The van der Waals surface area contributed by atoms with Crippen molar-refractivity contribution in [2.24, 2.45) is 5.92 Å². The lowest BCUT2D eigenvalue weighted by Crippen LogP contribution is -2.23. The van der Waals surface area contributed by atoms with Crippen LogP contribution in [-0.2, 0) is 25.8 Å². The normalized spacial score (nSPS) is 20.3. The van der Waals surface area contributed by atoms with Crippen LogP contribution in [0.5, 0.6) is 0 Å². The molecular weight excluding hydrogens is 316 g/mol. The van der Waals surface area contributed by atoms with Gasteiger partial charge in [0.1, 0.15) is 0 Å². The van der Waals surface area contributed by atoms with Crippen LogP contribution < -0.4 is 5.32 Å². The molecule has 2 heterocycles. The lowest BCUT2D eigenvalue weighted by Gasteiger charge is -2.06. The van der Waals surface area contributed by atoms with E-state index in [1.807, 2.05) is 0 Å².